The monoisotopic (exact) mass is 428 g/mol. The molecule has 4 rings (SSSR count). The topological polar surface area (TPSA) is 54.1 Å². The van der Waals surface area contributed by atoms with E-state index in [0.29, 0.717) is 22.4 Å². The Bertz CT molecular complexity index is 1120. The molecular formula is C21H18Cl2N4O2. The van der Waals surface area contributed by atoms with E-state index < -0.39 is 0 Å². The number of halogens is 2. The zero-order valence-electron chi connectivity index (χ0n) is 15.8. The summed E-state index contributed by atoms with van der Waals surface area (Å²) >= 11 is 12.8. The van der Waals surface area contributed by atoms with Gasteiger partial charge in [0.15, 0.2) is 0 Å². The Balaban J connectivity index is 1.82. The van der Waals surface area contributed by atoms with E-state index in [4.69, 9.17) is 37.8 Å². The summed E-state index contributed by atoms with van der Waals surface area (Å²) in [6.45, 7) is 0.365. The fourth-order valence-electron chi connectivity index (χ4n) is 3.05. The van der Waals surface area contributed by atoms with Gasteiger partial charge in [-0.3, -0.25) is 0 Å². The largest absolute Gasteiger partial charge is 0.497 e. The van der Waals surface area contributed by atoms with Gasteiger partial charge in [-0.05, 0) is 48.5 Å². The van der Waals surface area contributed by atoms with Crippen LogP contribution in [0.25, 0.3) is 22.5 Å². The lowest BCUT2D eigenvalue weighted by atomic mass is 10.1. The molecule has 0 N–H and O–H groups in total. The van der Waals surface area contributed by atoms with Crippen LogP contribution in [0.4, 0.5) is 0 Å². The lowest BCUT2D eigenvalue weighted by Gasteiger charge is -2.09. The normalized spacial score (nSPS) is 10.9. The highest BCUT2D eigenvalue weighted by molar-refractivity contribution is 6.35. The van der Waals surface area contributed by atoms with Gasteiger partial charge < -0.3 is 9.47 Å². The third-order valence-electron chi connectivity index (χ3n) is 4.50. The molecule has 8 heteroatoms. The molecule has 0 fully saturated rings. The minimum absolute atomic E-state index is 0.365. The average Bonchev–Trinajstić information content (AvgIpc) is 3.31. The number of nitrogens with zero attached hydrogens (tertiary/aromatic N) is 4. The van der Waals surface area contributed by atoms with E-state index in [2.05, 4.69) is 5.10 Å². The molecule has 148 valence electrons. The van der Waals surface area contributed by atoms with Gasteiger partial charge in [-0.2, -0.15) is 10.2 Å². The second kappa shape index (κ2) is 8.19. The number of hydrogen-bond acceptors (Lipinski definition) is 4. The standard InChI is InChI=1S/C21H18Cl2N4O2/c1-28-17-7-3-14(4-8-17)20-19(23)21(15-5-9-18(29-2)10-6-15)27(25-20)13-26-12-16(22)11-24-26/h3-12H,13H2,1-2H3. The van der Waals surface area contributed by atoms with Crippen molar-refractivity contribution >= 4 is 23.2 Å². The number of ether oxygens (including phenoxy) is 2. The summed E-state index contributed by atoms with van der Waals surface area (Å²) in [5, 5.41) is 10.1. The number of methoxy groups -OCH3 is 2. The van der Waals surface area contributed by atoms with Gasteiger partial charge in [0.1, 0.15) is 23.9 Å². The van der Waals surface area contributed by atoms with E-state index in [-0.39, 0.29) is 0 Å². The minimum Gasteiger partial charge on any atom is -0.497 e. The van der Waals surface area contributed by atoms with Gasteiger partial charge >= 0.3 is 0 Å². The Hall–Kier alpha value is -2.96. The average molecular weight is 429 g/mol. The molecule has 0 aliphatic carbocycles. The molecule has 0 saturated heterocycles. The van der Waals surface area contributed by atoms with E-state index in [9.17, 15) is 0 Å². The molecule has 29 heavy (non-hydrogen) atoms. The van der Waals surface area contributed by atoms with Gasteiger partial charge in [0, 0.05) is 17.3 Å². The maximum Gasteiger partial charge on any atom is 0.133 e. The first-order valence-corrected chi connectivity index (χ1v) is 9.57. The molecule has 2 aromatic heterocycles. The lowest BCUT2D eigenvalue weighted by molar-refractivity contribution is 0.414. The zero-order chi connectivity index (χ0) is 20.4. The molecule has 2 aromatic carbocycles. The quantitative estimate of drug-likeness (QED) is 0.421. The smallest absolute Gasteiger partial charge is 0.133 e. The zero-order valence-corrected chi connectivity index (χ0v) is 17.4. The van der Waals surface area contributed by atoms with Crippen molar-refractivity contribution < 1.29 is 9.47 Å². The highest BCUT2D eigenvalue weighted by Crippen LogP contribution is 2.37. The van der Waals surface area contributed by atoms with Crippen molar-refractivity contribution in [2.24, 2.45) is 0 Å². The predicted molar refractivity (Wildman–Crippen MR) is 114 cm³/mol. The van der Waals surface area contributed by atoms with Crippen molar-refractivity contribution in [2.75, 3.05) is 14.2 Å². The van der Waals surface area contributed by atoms with Crippen molar-refractivity contribution in [1.29, 1.82) is 0 Å². The molecule has 0 atom stereocenters. The van der Waals surface area contributed by atoms with Gasteiger partial charge in [0.05, 0.1) is 36.2 Å². The second-order valence-electron chi connectivity index (χ2n) is 6.31. The van der Waals surface area contributed by atoms with Crippen LogP contribution in [-0.4, -0.2) is 33.8 Å². The molecule has 2 heterocycles. The molecule has 0 aliphatic rings. The maximum absolute atomic E-state index is 6.82. The van der Waals surface area contributed by atoms with E-state index in [0.717, 1.165) is 28.3 Å². The molecule has 0 spiro atoms. The van der Waals surface area contributed by atoms with E-state index >= 15 is 0 Å². The first kappa shape index (κ1) is 19.4. The van der Waals surface area contributed by atoms with Gasteiger partial charge in [-0.1, -0.05) is 23.2 Å². The number of rotatable bonds is 6. The molecule has 0 saturated carbocycles. The van der Waals surface area contributed by atoms with Crippen molar-refractivity contribution in [3.63, 3.8) is 0 Å². The summed E-state index contributed by atoms with van der Waals surface area (Å²) in [6.07, 6.45) is 3.33. The minimum atomic E-state index is 0.365. The third-order valence-corrected chi connectivity index (χ3v) is 5.06. The summed E-state index contributed by atoms with van der Waals surface area (Å²) in [5.41, 5.74) is 3.27. The molecular weight excluding hydrogens is 411 g/mol. The Morgan fingerprint density at radius 3 is 1.97 bits per heavy atom. The van der Waals surface area contributed by atoms with Crippen molar-refractivity contribution in [3.05, 3.63) is 71.0 Å². The van der Waals surface area contributed by atoms with Gasteiger partial charge in [-0.25, -0.2) is 9.36 Å². The van der Waals surface area contributed by atoms with Crippen LogP contribution >= 0.6 is 23.2 Å². The number of hydrogen-bond donors (Lipinski definition) is 0. The van der Waals surface area contributed by atoms with Gasteiger partial charge in [0.25, 0.3) is 0 Å². The summed E-state index contributed by atoms with van der Waals surface area (Å²) in [6, 6.07) is 15.3. The Morgan fingerprint density at radius 2 is 1.45 bits per heavy atom. The fraction of sp³-hybridized carbons (Fsp3) is 0.143. The van der Waals surface area contributed by atoms with Crippen LogP contribution < -0.4 is 9.47 Å². The second-order valence-corrected chi connectivity index (χ2v) is 7.12. The first-order valence-electron chi connectivity index (χ1n) is 8.82. The Kier molecular flexibility index (Phi) is 5.47. The molecule has 0 aliphatic heterocycles. The molecule has 0 radical (unpaired) electrons. The van der Waals surface area contributed by atoms with E-state index in [1.165, 1.54) is 0 Å². The van der Waals surface area contributed by atoms with Crippen LogP contribution in [0.2, 0.25) is 10.0 Å². The van der Waals surface area contributed by atoms with Crippen LogP contribution in [0, 0.1) is 0 Å². The Morgan fingerprint density at radius 1 is 0.862 bits per heavy atom. The SMILES string of the molecule is COc1ccc(-c2nn(Cn3cc(Cl)cn3)c(-c3ccc(OC)cc3)c2Cl)cc1. The summed E-state index contributed by atoms with van der Waals surface area (Å²) in [5.74, 6) is 1.54. The third kappa shape index (κ3) is 3.95. The van der Waals surface area contributed by atoms with Crippen LogP contribution in [0.3, 0.4) is 0 Å². The summed E-state index contributed by atoms with van der Waals surface area (Å²) < 4.78 is 14.0. The van der Waals surface area contributed by atoms with Gasteiger partial charge in [-0.15, -0.1) is 0 Å². The molecule has 4 aromatic rings. The molecule has 6 nitrogen and oxygen atoms in total. The van der Waals surface area contributed by atoms with Gasteiger partial charge in [0.2, 0.25) is 0 Å². The van der Waals surface area contributed by atoms with E-state index in [1.54, 1.807) is 31.3 Å². The van der Waals surface area contributed by atoms with Crippen molar-refractivity contribution in [2.45, 2.75) is 6.67 Å². The number of benzene rings is 2. The number of aromatic nitrogens is 4. The van der Waals surface area contributed by atoms with Crippen LogP contribution in [0.15, 0.2) is 60.9 Å². The van der Waals surface area contributed by atoms with Crippen LogP contribution in [0.5, 0.6) is 11.5 Å². The highest BCUT2D eigenvalue weighted by atomic mass is 35.5. The lowest BCUT2D eigenvalue weighted by Crippen LogP contribution is -2.11. The maximum atomic E-state index is 6.82. The highest BCUT2D eigenvalue weighted by Gasteiger charge is 2.20. The predicted octanol–water partition coefficient (Wildman–Crippen LogP) is 5.24. The first-order chi connectivity index (χ1) is 14.1. The van der Waals surface area contributed by atoms with Crippen molar-refractivity contribution in [3.8, 4) is 34.0 Å². The van der Waals surface area contributed by atoms with Crippen LogP contribution in [0.1, 0.15) is 0 Å². The summed E-state index contributed by atoms with van der Waals surface area (Å²) in [7, 11) is 3.27. The molecule has 0 unspecified atom stereocenters. The molecule has 0 bridgehead atoms. The fourth-order valence-corrected chi connectivity index (χ4v) is 3.56. The molecule has 0 amide bonds. The van der Waals surface area contributed by atoms with E-state index in [1.807, 2.05) is 53.2 Å². The summed E-state index contributed by atoms with van der Waals surface area (Å²) in [4.78, 5) is 0. The van der Waals surface area contributed by atoms with Crippen LogP contribution in [-0.2, 0) is 6.67 Å². The Labute approximate surface area is 178 Å². The van der Waals surface area contributed by atoms with Crippen molar-refractivity contribution in [1.82, 2.24) is 19.6 Å².